The Morgan fingerprint density at radius 1 is 1.22 bits per heavy atom. The number of nitrogen functional groups attached to an aromatic ring is 1. The molecule has 0 aliphatic rings. The predicted octanol–water partition coefficient (Wildman–Crippen LogP) is 1.46. The molecule has 11 heteroatoms. The number of fused-ring (bicyclic) bond motifs is 1. The number of hydrogen-bond acceptors (Lipinski definition) is 9. The zero-order valence-electron chi connectivity index (χ0n) is 14.3. The van der Waals surface area contributed by atoms with Crippen LogP contribution in [0.25, 0.3) is 28.2 Å². The van der Waals surface area contributed by atoms with E-state index in [2.05, 4.69) is 20.3 Å². The number of methoxy groups -OCH3 is 1. The SMILES string of the molecule is COc1cc(S(C)(=O)=O)ccc1-n1c(-c2nonc2N)nc2cnccc21. The Bertz CT molecular complexity index is 1260. The molecule has 0 unspecified atom stereocenters. The van der Waals surface area contributed by atoms with E-state index in [1.165, 1.54) is 19.2 Å². The number of aromatic nitrogens is 5. The van der Waals surface area contributed by atoms with Crippen molar-refractivity contribution in [1.29, 1.82) is 0 Å². The summed E-state index contributed by atoms with van der Waals surface area (Å²) in [6.45, 7) is 0. The summed E-state index contributed by atoms with van der Waals surface area (Å²) in [7, 11) is -1.94. The fourth-order valence-corrected chi connectivity index (χ4v) is 3.40. The van der Waals surface area contributed by atoms with Crippen molar-refractivity contribution in [3.05, 3.63) is 36.7 Å². The largest absolute Gasteiger partial charge is 0.495 e. The molecule has 0 bridgehead atoms. The molecule has 1 aromatic carbocycles. The third-order valence-electron chi connectivity index (χ3n) is 4.00. The summed E-state index contributed by atoms with van der Waals surface area (Å²) in [5, 5.41) is 7.43. The van der Waals surface area contributed by atoms with Crippen molar-refractivity contribution in [2.75, 3.05) is 19.1 Å². The molecule has 0 radical (unpaired) electrons. The maximum atomic E-state index is 11.9. The summed E-state index contributed by atoms with van der Waals surface area (Å²) >= 11 is 0. The minimum atomic E-state index is -3.40. The van der Waals surface area contributed by atoms with Gasteiger partial charge < -0.3 is 10.5 Å². The molecule has 0 aliphatic heterocycles. The topological polar surface area (TPSA) is 139 Å². The molecule has 27 heavy (non-hydrogen) atoms. The smallest absolute Gasteiger partial charge is 0.199 e. The second kappa shape index (κ2) is 6.06. The average Bonchev–Trinajstić information content (AvgIpc) is 3.23. The Labute approximate surface area is 153 Å². The number of imidazole rings is 1. The summed E-state index contributed by atoms with van der Waals surface area (Å²) in [6, 6.07) is 6.34. The molecular weight excluding hydrogens is 372 g/mol. The number of pyridine rings is 1. The normalized spacial score (nSPS) is 11.8. The average molecular weight is 386 g/mol. The van der Waals surface area contributed by atoms with Crippen LogP contribution < -0.4 is 10.5 Å². The first kappa shape index (κ1) is 17.0. The Morgan fingerprint density at radius 2 is 2.04 bits per heavy atom. The Morgan fingerprint density at radius 3 is 2.70 bits per heavy atom. The molecule has 0 fully saturated rings. The minimum Gasteiger partial charge on any atom is -0.495 e. The van der Waals surface area contributed by atoms with Crippen LogP contribution in [-0.4, -0.2) is 46.6 Å². The summed E-state index contributed by atoms with van der Waals surface area (Å²) in [5.41, 5.74) is 7.94. The van der Waals surface area contributed by atoms with Gasteiger partial charge >= 0.3 is 0 Å². The molecule has 2 N–H and O–H groups in total. The molecule has 3 heterocycles. The van der Waals surface area contributed by atoms with Crippen LogP contribution in [0.2, 0.25) is 0 Å². The highest BCUT2D eigenvalue weighted by Gasteiger charge is 2.23. The molecule has 10 nitrogen and oxygen atoms in total. The Balaban J connectivity index is 2.06. The van der Waals surface area contributed by atoms with Gasteiger partial charge in [0, 0.05) is 18.5 Å². The quantitative estimate of drug-likeness (QED) is 0.552. The molecule has 4 rings (SSSR count). The molecule has 0 amide bonds. The third kappa shape index (κ3) is 2.77. The number of hydrogen-bond donors (Lipinski definition) is 1. The number of anilines is 1. The van der Waals surface area contributed by atoms with Crippen LogP contribution >= 0.6 is 0 Å². The van der Waals surface area contributed by atoms with Crippen molar-refractivity contribution in [3.63, 3.8) is 0 Å². The van der Waals surface area contributed by atoms with Crippen LogP contribution in [-0.2, 0) is 9.84 Å². The van der Waals surface area contributed by atoms with Gasteiger partial charge in [0.2, 0.25) is 0 Å². The number of nitrogens with two attached hydrogens (primary N) is 1. The Kier molecular flexibility index (Phi) is 3.81. The third-order valence-corrected chi connectivity index (χ3v) is 5.11. The molecule has 0 saturated heterocycles. The van der Waals surface area contributed by atoms with Gasteiger partial charge in [-0.25, -0.2) is 18.0 Å². The summed E-state index contributed by atoms with van der Waals surface area (Å²) in [5.74, 6) is 0.777. The van der Waals surface area contributed by atoms with Gasteiger partial charge in [0.1, 0.15) is 11.3 Å². The van der Waals surface area contributed by atoms with Crippen LogP contribution in [0.5, 0.6) is 5.75 Å². The van der Waals surface area contributed by atoms with E-state index in [1.54, 1.807) is 29.1 Å². The number of ether oxygens (including phenoxy) is 1. The highest BCUT2D eigenvalue weighted by Crippen LogP contribution is 2.34. The summed E-state index contributed by atoms with van der Waals surface area (Å²) < 4.78 is 35.6. The van der Waals surface area contributed by atoms with Crippen molar-refractivity contribution in [3.8, 4) is 23.0 Å². The number of benzene rings is 1. The van der Waals surface area contributed by atoms with E-state index in [1.807, 2.05) is 0 Å². The molecule has 0 spiro atoms. The number of sulfone groups is 1. The van der Waals surface area contributed by atoms with E-state index >= 15 is 0 Å². The monoisotopic (exact) mass is 386 g/mol. The zero-order chi connectivity index (χ0) is 19.2. The first-order valence-corrected chi connectivity index (χ1v) is 9.58. The van der Waals surface area contributed by atoms with Crippen LogP contribution in [0.4, 0.5) is 5.82 Å². The molecular formula is C16H14N6O4S. The summed E-state index contributed by atoms with van der Waals surface area (Å²) in [4.78, 5) is 8.74. The van der Waals surface area contributed by atoms with Gasteiger partial charge in [-0.15, -0.1) is 0 Å². The van der Waals surface area contributed by atoms with Crippen LogP contribution in [0.1, 0.15) is 0 Å². The fourth-order valence-electron chi connectivity index (χ4n) is 2.76. The van der Waals surface area contributed by atoms with Crippen molar-refractivity contribution in [1.82, 2.24) is 24.8 Å². The molecule has 3 aromatic heterocycles. The van der Waals surface area contributed by atoms with Crippen molar-refractivity contribution in [2.45, 2.75) is 4.90 Å². The lowest BCUT2D eigenvalue weighted by Crippen LogP contribution is -2.04. The van der Waals surface area contributed by atoms with Crippen LogP contribution in [0.15, 0.2) is 46.2 Å². The Hall–Kier alpha value is -3.47. The van der Waals surface area contributed by atoms with E-state index < -0.39 is 9.84 Å². The summed E-state index contributed by atoms with van der Waals surface area (Å²) in [6.07, 6.45) is 4.34. The molecule has 0 atom stereocenters. The van der Waals surface area contributed by atoms with Gasteiger partial charge in [-0.1, -0.05) is 0 Å². The minimum absolute atomic E-state index is 0.0752. The predicted molar refractivity (Wildman–Crippen MR) is 96.2 cm³/mol. The standard InChI is InChI=1S/C16H14N6O4S/c1-25-13-7-9(27(2,23)24)3-4-12(13)22-11-5-6-18-8-10(11)19-16(22)14-15(17)21-26-20-14/h3-8H,1-2H3,(H2,17,21). The van der Waals surface area contributed by atoms with Gasteiger partial charge in [0.05, 0.1) is 29.4 Å². The lowest BCUT2D eigenvalue weighted by Gasteiger charge is -2.13. The molecule has 0 aliphatic carbocycles. The van der Waals surface area contributed by atoms with Gasteiger partial charge in [0.15, 0.2) is 27.2 Å². The van der Waals surface area contributed by atoms with Gasteiger partial charge in [0.25, 0.3) is 0 Å². The van der Waals surface area contributed by atoms with Gasteiger partial charge in [-0.05, 0) is 28.5 Å². The van der Waals surface area contributed by atoms with E-state index in [9.17, 15) is 8.42 Å². The maximum Gasteiger partial charge on any atom is 0.199 e. The van der Waals surface area contributed by atoms with E-state index in [-0.39, 0.29) is 16.4 Å². The highest BCUT2D eigenvalue weighted by molar-refractivity contribution is 7.90. The van der Waals surface area contributed by atoms with Gasteiger partial charge in [-0.3, -0.25) is 9.55 Å². The lowest BCUT2D eigenvalue weighted by molar-refractivity contribution is 0.310. The van der Waals surface area contributed by atoms with E-state index in [4.69, 9.17) is 15.1 Å². The number of rotatable bonds is 4. The second-order valence-electron chi connectivity index (χ2n) is 5.74. The maximum absolute atomic E-state index is 11.9. The molecule has 138 valence electrons. The zero-order valence-corrected chi connectivity index (χ0v) is 15.1. The first-order chi connectivity index (χ1) is 12.9. The van der Waals surface area contributed by atoms with Crippen LogP contribution in [0, 0.1) is 0 Å². The molecule has 4 aromatic rings. The lowest BCUT2D eigenvalue weighted by atomic mass is 10.2. The van der Waals surface area contributed by atoms with Crippen molar-refractivity contribution in [2.24, 2.45) is 0 Å². The highest BCUT2D eigenvalue weighted by atomic mass is 32.2. The van der Waals surface area contributed by atoms with Crippen LogP contribution in [0.3, 0.4) is 0 Å². The van der Waals surface area contributed by atoms with Crippen molar-refractivity contribution >= 4 is 26.7 Å². The van der Waals surface area contributed by atoms with E-state index in [0.29, 0.717) is 28.3 Å². The second-order valence-corrected chi connectivity index (χ2v) is 7.75. The van der Waals surface area contributed by atoms with Gasteiger partial charge in [-0.2, -0.15) is 0 Å². The number of nitrogens with zero attached hydrogens (tertiary/aromatic N) is 5. The first-order valence-electron chi connectivity index (χ1n) is 7.69. The van der Waals surface area contributed by atoms with Crippen molar-refractivity contribution < 1.29 is 17.8 Å². The van der Waals surface area contributed by atoms with E-state index in [0.717, 1.165) is 6.26 Å². The molecule has 0 saturated carbocycles. The fraction of sp³-hybridized carbons (Fsp3) is 0.125.